The Morgan fingerprint density at radius 1 is 1.29 bits per heavy atom. The van der Waals surface area contributed by atoms with Gasteiger partial charge in [0.25, 0.3) is 0 Å². The molecule has 2 rings (SSSR count). The highest BCUT2D eigenvalue weighted by molar-refractivity contribution is 5.20. The standard InChI is InChI=1S/C14H19F2N/c1-3-17-13(14(2)6-7-14)9-10-4-5-11(15)12(16)8-10/h4-5,8,13,17H,3,6-7,9H2,1-2H3. The summed E-state index contributed by atoms with van der Waals surface area (Å²) in [6.45, 7) is 5.23. The summed E-state index contributed by atoms with van der Waals surface area (Å²) in [4.78, 5) is 0. The minimum absolute atomic E-state index is 0.334. The highest BCUT2D eigenvalue weighted by Crippen LogP contribution is 2.48. The molecule has 1 aromatic rings. The van der Waals surface area contributed by atoms with Crippen molar-refractivity contribution < 1.29 is 8.78 Å². The largest absolute Gasteiger partial charge is 0.313 e. The fraction of sp³-hybridized carbons (Fsp3) is 0.571. The second-order valence-corrected chi connectivity index (χ2v) is 5.22. The van der Waals surface area contributed by atoms with Crippen molar-refractivity contribution in [3.63, 3.8) is 0 Å². The zero-order chi connectivity index (χ0) is 12.5. The van der Waals surface area contributed by atoms with Crippen molar-refractivity contribution in [3.05, 3.63) is 35.4 Å². The van der Waals surface area contributed by atoms with E-state index in [4.69, 9.17) is 0 Å². The van der Waals surface area contributed by atoms with Crippen molar-refractivity contribution >= 4 is 0 Å². The number of hydrogen-bond acceptors (Lipinski definition) is 1. The molecule has 0 saturated heterocycles. The van der Waals surface area contributed by atoms with Crippen LogP contribution in [0.1, 0.15) is 32.3 Å². The molecule has 1 fully saturated rings. The number of hydrogen-bond donors (Lipinski definition) is 1. The molecule has 0 heterocycles. The van der Waals surface area contributed by atoms with E-state index in [-0.39, 0.29) is 0 Å². The van der Waals surface area contributed by atoms with Crippen LogP contribution in [0.4, 0.5) is 8.78 Å². The average molecular weight is 239 g/mol. The Labute approximate surface area is 101 Å². The lowest BCUT2D eigenvalue weighted by Gasteiger charge is -2.24. The van der Waals surface area contributed by atoms with E-state index >= 15 is 0 Å². The third kappa shape index (κ3) is 2.83. The van der Waals surface area contributed by atoms with Crippen molar-refractivity contribution in [3.8, 4) is 0 Å². The highest BCUT2D eigenvalue weighted by Gasteiger charge is 2.44. The van der Waals surface area contributed by atoms with Crippen LogP contribution >= 0.6 is 0 Å². The molecule has 1 unspecified atom stereocenters. The smallest absolute Gasteiger partial charge is 0.159 e. The third-order valence-electron chi connectivity index (χ3n) is 3.75. The molecule has 1 aliphatic rings. The first kappa shape index (κ1) is 12.5. The lowest BCUT2D eigenvalue weighted by atomic mass is 9.92. The second kappa shape index (κ2) is 4.73. The normalized spacial score (nSPS) is 19.1. The molecule has 1 nitrogen and oxygen atoms in total. The van der Waals surface area contributed by atoms with E-state index in [2.05, 4.69) is 19.2 Å². The monoisotopic (exact) mass is 239 g/mol. The predicted molar refractivity (Wildman–Crippen MR) is 64.9 cm³/mol. The molecule has 1 aromatic carbocycles. The molecule has 17 heavy (non-hydrogen) atoms. The molecule has 0 spiro atoms. The summed E-state index contributed by atoms with van der Waals surface area (Å²) in [7, 11) is 0. The van der Waals surface area contributed by atoms with E-state index in [1.807, 2.05) is 0 Å². The maximum absolute atomic E-state index is 13.1. The summed E-state index contributed by atoms with van der Waals surface area (Å²) in [6.07, 6.45) is 3.20. The molecule has 0 radical (unpaired) electrons. The van der Waals surface area contributed by atoms with Gasteiger partial charge >= 0.3 is 0 Å². The van der Waals surface area contributed by atoms with Gasteiger partial charge in [0.2, 0.25) is 0 Å². The summed E-state index contributed by atoms with van der Waals surface area (Å²) in [5.41, 5.74) is 1.20. The van der Waals surface area contributed by atoms with Gasteiger partial charge in [-0.1, -0.05) is 19.9 Å². The van der Waals surface area contributed by atoms with Gasteiger partial charge in [0.05, 0.1) is 0 Å². The Hall–Kier alpha value is -0.960. The van der Waals surface area contributed by atoms with E-state index in [1.165, 1.54) is 25.0 Å². The quantitative estimate of drug-likeness (QED) is 0.831. The highest BCUT2D eigenvalue weighted by atomic mass is 19.2. The molecule has 0 aliphatic heterocycles. The summed E-state index contributed by atoms with van der Waals surface area (Å²) in [5, 5.41) is 3.45. The second-order valence-electron chi connectivity index (χ2n) is 5.22. The average Bonchev–Trinajstić information content (AvgIpc) is 3.03. The van der Waals surface area contributed by atoms with Gasteiger partial charge in [-0.15, -0.1) is 0 Å². The SMILES string of the molecule is CCNC(Cc1ccc(F)c(F)c1)C1(C)CC1. The van der Waals surface area contributed by atoms with Gasteiger partial charge in [-0.3, -0.25) is 0 Å². The number of halogens is 2. The van der Waals surface area contributed by atoms with Crippen molar-refractivity contribution in [2.24, 2.45) is 5.41 Å². The Morgan fingerprint density at radius 3 is 2.53 bits per heavy atom. The number of likely N-dealkylation sites (N-methyl/N-ethyl adjacent to an activating group) is 1. The zero-order valence-corrected chi connectivity index (χ0v) is 10.4. The molecule has 1 atom stereocenters. The molecule has 1 aliphatic carbocycles. The molecule has 3 heteroatoms. The van der Waals surface area contributed by atoms with Gasteiger partial charge in [-0.25, -0.2) is 8.78 Å². The summed E-state index contributed by atoms with van der Waals surface area (Å²) < 4.78 is 26.0. The van der Waals surface area contributed by atoms with Crippen LogP contribution < -0.4 is 5.32 Å². The van der Waals surface area contributed by atoms with Gasteiger partial charge in [0.15, 0.2) is 11.6 Å². The molecule has 1 saturated carbocycles. The Kier molecular flexibility index (Phi) is 3.48. The van der Waals surface area contributed by atoms with Crippen LogP contribution in [0.15, 0.2) is 18.2 Å². The van der Waals surface area contributed by atoms with E-state index in [1.54, 1.807) is 6.07 Å². The first-order valence-corrected chi connectivity index (χ1v) is 6.22. The zero-order valence-electron chi connectivity index (χ0n) is 10.4. The van der Waals surface area contributed by atoms with Crippen molar-refractivity contribution in [1.82, 2.24) is 5.32 Å². The van der Waals surface area contributed by atoms with Gasteiger partial charge < -0.3 is 5.32 Å². The Bertz CT molecular complexity index is 399. The minimum Gasteiger partial charge on any atom is -0.313 e. The molecule has 0 amide bonds. The minimum atomic E-state index is -0.772. The third-order valence-corrected chi connectivity index (χ3v) is 3.75. The van der Waals surface area contributed by atoms with Crippen LogP contribution in [0.3, 0.4) is 0 Å². The molecule has 1 N–H and O–H groups in total. The molecule has 94 valence electrons. The molecular formula is C14H19F2N. The van der Waals surface area contributed by atoms with Crippen LogP contribution in [0, 0.1) is 17.0 Å². The van der Waals surface area contributed by atoms with Crippen LogP contribution in [0.2, 0.25) is 0 Å². The van der Waals surface area contributed by atoms with E-state index < -0.39 is 11.6 Å². The summed E-state index contributed by atoms with van der Waals surface area (Å²) >= 11 is 0. The first-order valence-electron chi connectivity index (χ1n) is 6.22. The van der Waals surface area contributed by atoms with Crippen LogP contribution in [0.25, 0.3) is 0 Å². The van der Waals surface area contributed by atoms with Crippen molar-refractivity contribution in [2.75, 3.05) is 6.54 Å². The van der Waals surface area contributed by atoms with Gasteiger partial charge in [-0.2, -0.15) is 0 Å². The van der Waals surface area contributed by atoms with E-state index in [0.29, 0.717) is 11.5 Å². The van der Waals surface area contributed by atoms with Crippen LogP contribution in [0.5, 0.6) is 0 Å². The van der Waals surface area contributed by atoms with Crippen LogP contribution in [-0.2, 0) is 6.42 Å². The number of benzene rings is 1. The van der Waals surface area contributed by atoms with Crippen LogP contribution in [-0.4, -0.2) is 12.6 Å². The summed E-state index contributed by atoms with van der Waals surface area (Å²) in [5.74, 6) is -1.52. The predicted octanol–water partition coefficient (Wildman–Crippen LogP) is 3.29. The Morgan fingerprint density at radius 2 is 2.00 bits per heavy atom. The number of rotatable bonds is 5. The fourth-order valence-corrected chi connectivity index (χ4v) is 2.26. The van der Waals surface area contributed by atoms with E-state index in [0.717, 1.165) is 18.5 Å². The topological polar surface area (TPSA) is 12.0 Å². The maximum Gasteiger partial charge on any atom is 0.159 e. The molecule has 0 bridgehead atoms. The van der Waals surface area contributed by atoms with Gasteiger partial charge in [-0.05, 0) is 48.9 Å². The maximum atomic E-state index is 13.1. The lowest BCUT2D eigenvalue weighted by Crippen LogP contribution is -2.38. The first-order chi connectivity index (χ1) is 8.05. The van der Waals surface area contributed by atoms with Gasteiger partial charge in [0, 0.05) is 6.04 Å². The fourth-order valence-electron chi connectivity index (χ4n) is 2.26. The van der Waals surface area contributed by atoms with Gasteiger partial charge in [0.1, 0.15) is 0 Å². The number of nitrogens with one attached hydrogen (secondary N) is 1. The van der Waals surface area contributed by atoms with Crippen molar-refractivity contribution in [1.29, 1.82) is 0 Å². The summed E-state index contributed by atoms with van der Waals surface area (Å²) in [6, 6.07) is 4.56. The Balaban J connectivity index is 2.09. The lowest BCUT2D eigenvalue weighted by molar-refractivity contribution is 0.359. The van der Waals surface area contributed by atoms with E-state index in [9.17, 15) is 8.78 Å². The molecular weight excluding hydrogens is 220 g/mol. The molecule has 0 aromatic heterocycles. The van der Waals surface area contributed by atoms with Crippen molar-refractivity contribution in [2.45, 2.75) is 39.2 Å².